The minimum atomic E-state index is 0.385. The van der Waals surface area contributed by atoms with Crippen LogP contribution in [0.25, 0.3) is 0 Å². The molecule has 0 radical (unpaired) electrons. The molecule has 0 aliphatic carbocycles. The summed E-state index contributed by atoms with van der Waals surface area (Å²) in [7, 11) is 0. The molecular formula is C11H11N3S2. The van der Waals surface area contributed by atoms with Crippen molar-refractivity contribution in [1.82, 2.24) is 4.98 Å². The highest BCUT2D eigenvalue weighted by atomic mass is 32.1. The third-order valence-corrected chi connectivity index (χ3v) is 3.22. The van der Waals surface area contributed by atoms with Gasteiger partial charge in [-0.15, -0.1) is 11.3 Å². The summed E-state index contributed by atoms with van der Waals surface area (Å²) in [6.07, 6.45) is 3.42. The zero-order valence-corrected chi connectivity index (χ0v) is 10.1. The van der Waals surface area contributed by atoms with E-state index in [0.29, 0.717) is 4.99 Å². The van der Waals surface area contributed by atoms with Crippen LogP contribution in [0.1, 0.15) is 10.4 Å². The smallest absolute Gasteiger partial charge is 0.106 e. The van der Waals surface area contributed by atoms with Crippen LogP contribution in [0.4, 0.5) is 5.69 Å². The predicted molar refractivity (Wildman–Crippen MR) is 71.8 cm³/mol. The van der Waals surface area contributed by atoms with Crippen molar-refractivity contribution in [1.29, 1.82) is 0 Å². The van der Waals surface area contributed by atoms with E-state index < -0.39 is 0 Å². The van der Waals surface area contributed by atoms with Gasteiger partial charge < -0.3 is 11.1 Å². The molecule has 16 heavy (non-hydrogen) atoms. The molecular weight excluding hydrogens is 238 g/mol. The maximum atomic E-state index is 5.63. The van der Waals surface area contributed by atoms with Gasteiger partial charge in [-0.25, -0.2) is 0 Å². The minimum absolute atomic E-state index is 0.385. The first-order valence-electron chi connectivity index (χ1n) is 4.77. The van der Waals surface area contributed by atoms with Crippen molar-refractivity contribution in [3.05, 3.63) is 46.4 Å². The van der Waals surface area contributed by atoms with E-state index in [1.54, 1.807) is 23.7 Å². The predicted octanol–water partition coefficient (Wildman–Crippen LogP) is 2.39. The largest absolute Gasteiger partial charge is 0.389 e. The molecule has 0 unspecified atom stereocenters. The number of hydrogen-bond donors (Lipinski definition) is 2. The van der Waals surface area contributed by atoms with Crippen molar-refractivity contribution in [3.8, 4) is 0 Å². The third-order valence-electron chi connectivity index (χ3n) is 2.12. The van der Waals surface area contributed by atoms with Gasteiger partial charge in [0, 0.05) is 23.2 Å². The number of hydrogen-bond acceptors (Lipinski definition) is 4. The molecule has 2 rings (SSSR count). The number of pyridine rings is 1. The van der Waals surface area contributed by atoms with E-state index in [-0.39, 0.29) is 0 Å². The van der Waals surface area contributed by atoms with Gasteiger partial charge in [-0.3, -0.25) is 4.98 Å². The Kier molecular flexibility index (Phi) is 3.48. The van der Waals surface area contributed by atoms with Crippen LogP contribution in [0, 0.1) is 0 Å². The highest BCUT2D eigenvalue weighted by molar-refractivity contribution is 7.80. The summed E-state index contributed by atoms with van der Waals surface area (Å²) in [5, 5.41) is 5.33. The summed E-state index contributed by atoms with van der Waals surface area (Å²) in [4.78, 5) is 5.70. The molecule has 0 aromatic carbocycles. The molecule has 0 amide bonds. The summed E-state index contributed by atoms with van der Waals surface area (Å²) >= 11 is 6.69. The molecule has 0 fully saturated rings. The van der Waals surface area contributed by atoms with Gasteiger partial charge in [0.25, 0.3) is 0 Å². The molecule has 82 valence electrons. The van der Waals surface area contributed by atoms with E-state index in [9.17, 15) is 0 Å². The van der Waals surface area contributed by atoms with Gasteiger partial charge >= 0.3 is 0 Å². The molecule has 0 spiro atoms. The third kappa shape index (κ3) is 2.56. The fourth-order valence-electron chi connectivity index (χ4n) is 1.35. The van der Waals surface area contributed by atoms with Crippen molar-refractivity contribution in [2.24, 2.45) is 5.73 Å². The molecule has 2 aromatic rings. The van der Waals surface area contributed by atoms with Crippen LogP contribution >= 0.6 is 23.6 Å². The lowest BCUT2D eigenvalue weighted by atomic mass is 10.2. The Labute approximate surface area is 103 Å². The Balaban J connectivity index is 2.12. The number of nitrogens with two attached hydrogens (primary N) is 1. The summed E-state index contributed by atoms with van der Waals surface area (Å²) in [5.41, 5.74) is 7.34. The maximum Gasteiger partial charge on any atom is 0.106 e. The van der Waals surface area contributed by atoms with E-state index in [2.05, 4.69) is 21.7 Å². The lowest BCUT2D eigenvalue weighted by Gasteiger charge is -2.09. The summed E-state index contributed by atoms with van der Waals surface area (Å²) in [6, 6.07) is 5.92. The van der Waals surface area contributed by atoms with Gasteiger partial charge in [-0.1, -0.05) is 18.3 Å². The fourth-order valence-corrected chi connectivity index (χ4v) is 2.17. The molecule has 2 aromatic heterocycles. The Bertz CT molecular complexity index is 480. The first-order chi connectivity index (χ1) is 7.77. The Hall–Kier alpha value is -1.46. The first kappa shape index (κ1) is 11.0. The summed E-state index contributed by atoms with van der Waals surface area (Å²) in [5.74, 6) is 0. The van der Waals surface area contributed by atoms with Crippen molar-refractivity contribution < 1.29 is 0 Å². The maximum absolute atomic E-state index is 5.63. The SMILES string of the molecule is NC(=S)c1ccncc1NCc1cccs1. The molecule has 3 N–H and O–H groups in total. The normalized spacial score (nSPS) is 10.0. The number of nitrogens with one attached hydrogen (secondary N) is 1. The number of aromatic nitrogens is 1. The highest BCUT2D eigenvalue weighted by Crippen LogP contribution is 2.16. The lowest BCUT2D eigenvalue weighted by Crippen LogP contribution is -2.13. The number of thiocarbonyl (C=S) groups is 1. The second kappa shape index (κ2) is 5.05. The lowest BCUT2D eigenvalue weighted by molar-refractivity contribution is 1.17. The van der Waals surface area contributed by atoms with Crippen molar-refractivity contribution in [3.63, 3.8) is 0 Å². The van der Waals surface area contributed by atoms with Crippen LogP contribution in [0.2, 0.25) is 0 Å². The zero-order valence-electron chi connectivity index (χ0n) is 8.51. The standard InChI is InChI=1S/C11H11N3S2/c12-11(15)9-3-4-13-7-10(9)14-6-8-2-1-5-16-8/h1-5,7,14H,6H2,(H2,12,15). The van der Waals surface area contributed by atoms with Crippen LogP contribution in [0.3, 0.4) is 0 Å². The Morgan fingerprint density at radius 2 is 2.38 bits per heavy atom. The van der Waals surface area contributed by atoms with Crippen LogP contribution in [-0.2, 0) is 6.54 Å². The molecule has 0 aliphatic rings. The number of thiophene rings is 1. The van der Waals surface area contributed by atoms with Crippen molar-refractivity contribution >= 4 is 34.2 Å². The highest BCUT2D eigenvalue weighted by Gasteiger charge is 2.04. The molecule has 5 heteroatoms. The Morgan fingerprint density at radius 1 is 1.50 bits per heavy atom. The molecule has 2 heterocycles. The van der Waals surface area contributed by atoms with Gasteiger partial charge in [0.15, 0.2) is 0 Å². The minimum Gasteiger partial charge on any atom is -0.389 e. The zero-order chi connectivity index (χ0) is 11.4. The number of rotatable bonds is 4. The molecule has 0 saturated carbocycles. The van der Waals surface area contributed by atoms with E-state index >= 15 is 0 Å². The van der Waals surface area contributed by atoms with Crippen molar-refractivity contribution in [2.75, 3.05) is 5.32 Å². The van der Waals surface area contributed by atoms with Gasteiger partial charge in [0.05, 0.1) is 11.9 Å². The molecule has 0 bridgehead atoms. The van der Waals surface area contributed by atoms with Crippen LogP contribution in [-0.4, -0.2) is 9.97 Å². The van der Waals surface area contributed by atoms with E-state index in [1.165, 1.54) is 4.88 Å². The average molecular weight is 249 g/mol. The van der Waals surface area contributed by atoms with E-state index in [1.807, 2.05) is 12.1 Å². The number of anilines is 1. The number of nitrogens with zero attached hydrogens (tertiary/aromatic N) is 1. The second-order valence-corrected chi connectivity index (χ2v) is 4.69. The monoisotopic (exact) mass is 249 g/mol. The van der Waals surface area contributed by atoms with Crippen LogP contribution in [0.5, 0.6) is 0 Å². The summed E-state index contributed by atoms with van der Waals surface area (Å²) in [6.45, 7) is 0.763. The van der Waals surface area contributed by atoms with Gasteiger partial charge in [-0.05, 0) is 17.5 Å². The van der Waals surface area contributed by atoms with Gasteiger partial charge in [0.2, 0.25) is 0 Å². The summed E-state index contributed by atoms with van der Waals surface area (Å²) < 4.78 is 0. The second-order valence-electron chi connectivity index (χ2n) is 3.22. The van der Waals surface area contributed by atoms with Crippen LogP contribution in [0.15, 0.2) is 36.0 Å². The molecule has 3 nitrogen and oxygen atoms in total. The molecule has 0 saturated heterocycles. The van der Waals surface area contributed by atoms with Crippen LogP contribution < -0.4 is 11.1 Å². The molecule has 0 atom stereocenters. The van der Waals surface area contributed by atoms with Gasteiger partial charge in [-0.2, -0.15) is 0 Å². The first-order valence-corrected chi connectivity index (χ1v) is 6.06. The Morgan fingerprint density at radius 3 is 3.06 bits per heavy atom. The fraction of sp³-hybridized carbons (Fsp3) is 0.0909. The average Bonchev–Trinajstić information content (AvgIpc) is 2.79. The van der Waals surface area contributed by atoms with Crippen molar-refractivity contribution in [2.45, 2.75) is 6.54 Å². The van der Waals surface area contributed by atoms with Gasteiger partial charge in [0.1, 0.15) is 4.99 Å². The quantitative estimate of drug-likeness (QED) is 0.817. The topological polar surface area (TPSA) is 50.9 Å². The molecule has 0 aliphatic heterocycles. The van der Waals surface area contributed by atoms with E-state index in [0.717, 1.165) is 17.8 Å². The van der Waals surface area contributed by atoms with E-state index in [4.69, 9.17) is 18.0 Å².